The third-order valence-electron chi connectivity index (χ3n) is 4.26. The van der Waals surface area contributed by atoms with Crippen LogP contribution >= 0.6 is 11.6 Å². The lowest BCUT2D eigenvalue weighted by molar-refractivity contribution is -0.118. The van der Waals surface area contributed by atoms with E-state index in [9.17, 15) is 14.9 Å². The van der Waals surface area contributed by atoms with Crippen molar-refractivity contribution in [3.8, 4) is 6.07 Å². The average molecular weight is 330 g/mol. The number of anilines is 1. The number of fused-ring (bicyclic) bond motifs is 1. The topological polar surface area (TPSA) is 82.0 Å². The Kier molecular flexibility index (Phi) is 4.35. The van der Waals surface area contributed by atoms with Gasteiger partial charge in [0.2, 0.25) is 0 Å². The molecule has 1 aromatic rings. The monoisotopic (exact) mass is 329 g/mol. The van der Waals surface area contributed by atoms with Crippen molar-refractivity contribution >= 4 is 34.7 Å². The lowest BCUT2D eigenvalue weighted by atomic mass is 9.94. The smallest absolute Gasteiger partial charge is 0.263 e. The number of amides is 2. The summed E-state index contributed by atoms with van der Waals surface area (Å²) in [5.41, 5.74) is 0.998. The van der Waals surface area contributed by atoms with Gasteiger partial charge in [0.1, 0.15) is 11.6 Å². The Morgan fingerprint density at radius 1 is 1.30 bits per heavy atom. The summed E-state index contributed by atoms with van der Waals surface area (Å²) in [5.74, 6) is -0.935. The zero-order valence-corrected chi connectivity index (χ0v) is 13.2. The lowest BCUT2D eigenvalue weighted by Crippen LogP contribution is -2.37. The van der Waals surface area contributed by atoms with Crippen molar-refractivity contribution < 1.29 is 9.59 Å². The molecule has 6 heteroatoms. The molecule has 23 heavy (non-hydrogen) atoms. The highest BCUT2D eigenvalue weighted by Crippen LogP contribution is 2.35. The Labute approximate surface area is 139 Å². The van der Waals surface area contributed by atoms with Gasteiger partial charge in [-0.05, 0) is 31.0 Å². The standard InChI is InChI=1S/C17H16ClN3O2/c18-10-6-7-14-12(8-10)15(17(23)21-14)13(9-19)16(22)20-11-4-2-1-3-5-11/h6-8,11H,1-5H2,(H,20,22)(H,21,23)/b15-13-. The number of nitrogens with one attached hydrogen (secondary N) is 2. The second-order valence-corrected chi connectivity index (χ2v) is 6.25. The first kappa shape index (κ1) is 15.6. The van der Waals surface area contributed by atoms with Crippen LogP contribution < -0.4 is 10.6 Å². The minimum atomic E-state index is -0.489. The molecule has 1 heterocycles. The van der Waals surface area contributed by atoms with Crippen LogP contribution in [0.2, 0.25) is 5.02 Å². The highest BCUT2D eigenvalue weighted by molar-refractivity contribution is 6.37. The Balaban J connectivity index is 1.94. The molecule has 0 bridgehead atoms. The van der Waals surface area contributed by atoms with E-state index in [4.69, 9.17) is 11.6 Å². The molecule has 0 radical (unpaired) electrons. The summed E-state index contributed by atoms with van der Waals surface area (Å²) in [5, 5.41) is 15.4. The van der Waals surface area contributed by atoms with Gasteiger partial charge in [-0.25, -0.2) is 0 Å². The number of nitrogens with zero attached hydrogens (tertiary/aromatic N) is 1. The summed E-state index contributed by atoms with van der Waals surface area (Å²) in [6, 6.07) is 6.87. The van der Waals surface area contributed by atoms with E-state index in [1.807, 2.05) is 6.07 Å². The largest absolute Gasteiger partial charge is 0.349 e. The number of carbonyl (C=O) groups is 2. The molecule has 0 unspecified atom stereocenters. The zero-order chi connectivity index (χ0) is 16.4. The first-order valence-electron chi connectivity index (χ1n) is 7.66. The fourth-order valence-electron chi connectivity index (χ4n) is 3.11. The van der Waals surface area contributed by atoms with Crippen LogP contribution in [0.3, 0.4) is 0 Å². The van der Waals surface area contributed by atoms with Crippen molar-refractivity contribution in [1.82, 2.24) is 5.32 Å². The van der Waals surface area contributed by atoms with Crippen molar-refractivity contribution in [3.05, 3.63) is 34.4 Å². The van der Waals surface area contributed by atoms with Crippen LogP contribution in [0.15, 0.2) is 23.8 Å². The number of carbonyl (C=O) groups excluding carboxylic acids is 2. The Morgan fingerprint density at radius 3 is 2.74 bits per heavy atom. The summed E-state index contributed by atoms with van der Waals surface area (Å²) in [4.78, 5) is 24.7. The lowest BCUT2D eigenvalue weighted by Gasteiger charge is -2.22. The van der Waals surface area contributed by atoms with Gasteiger partial charge in [-0.2, -0.15) is 5.26 Å². The van der Waals surface area contributed by atoms with Crippen LogP contribution in [0.1, 0.15) is 37.7 Å². The van der Waals surface area contributed by atoms with E-state index in [2.05, 4.69) is 10.6 Å². The SMILES string of the molecule is N#C/C(C(=O)NC1CCCCC1)=C1/C(=O)Nc2ccc(Cl)cc21. The van der Waals surface area contributed by atoms with E-state index < -0.39 is 11.8 Å². The van der Waals surface area contributed by atoms with E-state index >= 15 is 0 Å². The zero-order valence-electron chi connectivity index (χ0n) is 12.5. The van der Waals surface area contributed by atoms with Gasteiger partial charge in [-0.15, -0.1) is 0 Å². The molecule has 0 aromatic heterocycles. The molecule has 1 fully saturated rings. The molecule has 1 aromatic carbocycles. The summed E-state index contributed by atoms with van der Waals surface area (Å²) < 4.78 is 0. The molecule has 0 saturated heterocycles. The normalized spacial score (nSPS) is 19.6. The summed E-state index contributed by atoms with van der Waals surface area (Å²) in [7, 11) is 0. The molecule has 1 saturated carbocycles. The Hall–Kier alpha value is -2.32. The number of hydrogen-bond donors (Lipinski definition) is 2. The van der Waals surface area contributed by atoms with Gasteiger partial charge >= 0.3 is 0 Å². The fourth-order valence-corrected chi connectivity index (χ4v) is 3.28. The van der Waals surface area contributed by atoms with E-state index in [1.165, 1.54) is 6.42 Å². The highest BCUT2D eigenvalue weighted by Gasteiger charge is 2.31. The van der Waals surface area contributed by atoms with Crippen LogP contribution in [-0.2, 0) is 9.59 Å². The number of halogens is 1. The summed E-state index contributed by atoms with van der Waals surface area (Å²) >= 11 is 5.97. The second-order valence-electron chi connectivity index (χ2n) is 5.81. The number of nitriles is 1. The van der Waals surface area contributed by atoms with Gasteiger partial charge in [0, 0.05) is 22.3 Å². The summed E-state index contributed by atoms with van der Waals surface area (Å²) in [6.45, 7) is 0. The van der Waals surface area contributed by atoms with Crippen LogP contribution in [0.5, 0.6) is 0 Å². The van der Waals surface area contributed by atoms with Crippen molar-refractivity contribution in [3.63, 3.8) is 0 Å². The van der Waals surface area contributed by atoms with Gasteiger partial charge in [-0.3, -0.25) is 9.59 Å². The Bertz CT molecular complexity index is 743. The predicted octanol–water partition coefficient (Wildman–Crippen LogP) is 3.02. The minimum Gasteiger partial charge on any atom is -0.349 e. The van der Waals surface area contributed by atoms with Crippen molar-refractivity contribution in [1.29, 1.82) is 5.26 Å². The van der Waals surface area contributed by atoms with Gasteiger partial charge in [0.05, 0.1) is 5.57 Å². The van der Waals surface area contributed by atoms with Crippen LogP contribution in [-0.4, -0.2) is 17.9 Å². The molecule has 2 N–H and O–H groups in total. The summed E-state index contributed by atoms with van der Waals surface area (Å²) in [6.07, 6.45) is 5.14. The third kappa shape index (κ3) is 3.08. The maximum Gasteiger partial charge on any atom is 0.263 e. The molecular formula is C17H16ClN3O2. The molecule has 3 rings (SSSR count). The van der Waals surface area contributed by atoms with E-state index in [0.717, 1.165) is 25.7 Å². The first-order valence-corrected chi connectivity index (χ1v) is 8.04. The molecular weight excluding hydrogens is 314 g/mol. The number of hydrogen-bond acceptors (Lipinski definition) is 3. The molecule has 5 nitrogen and oxygen atoms in total. The minimum absolute atomic E-state index is 0.0727. The third-order valence-corrected chi connectivity index (χ3v) is 4.49. The van der Waals surface area contributed by atoms with Gasteiger partial charge in [0.15, 0.2) is 0 Å². The second kappa shape index (κ2) is 6.43. The average Bonchev–Trinajstić information content (AvgIpc) is 2.85. The molecule has 2 aliphatic rings. The molecule has 2 amide bonds. The van der Waals surface area contributed by atoms with Crippen molar-refractivity contribution in [2.75, 3.05) is 5.32 Å². The molecule has 118 valence electrons. The molecule has 0 atom stereocenters. The van der Waals surface area contributed by atoms with Gasteiger partial charge in [-0.1, -0.05) is 30.9 Å². The van der Waals surface area contributed by atoms with Crippen LogP contribution in [0.25, 0.3) is 5.57 Å². The fraction of sp³-hybridized carbons (Fsp3) is 0.353. The van der Waals surface area contributed by atoms with E-state index in [0.29, 0.717) is 16.3 Å². The first-order chi connectivity index (χ1) is 11.1. The predicted molar refractivity (Wildman–Crippen MR) is 87.6 cm³/mol. The maximum absolute atomic E-state index is 12.5. The highest BCUT2D eigenvalue weighted by atomic mass is 35.5. The molecule has 1 aliphatic carbocycles. The molecule has 0 spiro atoms. The number of benzene rings is 1. The number of rotatable bonds is 2. The van der Waals surface area contributed by atoms with Crippen molar-refractivity contribution in [2.24, 2.45) is 0 Å². The Morgan fingerprint density at radius 2 is 2.04 bits per heavy atom. The van der Waals surface area contributed by atoms with Crippen molar-refractivity contribution in [2.45, 2.75) is 38.1 Å². The quantitative estimate of drug-likeness (QED) is 0.646. The van der Waals surface area contributed by atoms with Gasteiger partial charge in [0.25, 0.3) is 11.8 Å². The van der Waals surface area contributed by atoms with E-state index in [-0.39, 0.29) is 17.2 Å². The van der Waals surface area contributed by atoms with Crippen LogP contribution in [0, 0.1) is 11.3 Å². The maximum atomic E-state index is 12.5. The van der Waals surface area contributed by atoms with Gasteiger partial charge < -0.3 is 10.6 Å². The molecule has 1 aliphatic heterocycles. The van der Waals surface area contributed by atoms with E-state index in [1.54, 1.807) is 18.2 Å². The van der Waals surface area contributed by atoms with Crippen LogP contribution in [0.4, 0.5) is 5.69 Å².